The van der Waals surface area contributed by atoms with E-state index in [0.29, 0.717) is 11.1 Å². The monoisotopic (exact) mass is 345 g/mol. The molecule has 0 aliphatic heterocycles. The summed E-state index contributed by atoms with van der Waals surface area (Å²) in [7, 11) is 0. The van der Waals surface area contributed by atoms with Crippen LogP contribution >= 0.6 is 27.5 Å². The summed E-state index contributed by atoms with van der Waals surface area (Å²) in [4.78, 5) is 0. The van der Waals surface area contributed by atoms with Crippen molar-refractivity contribution in [2.24, 2.45) is 5.73 Å². The lowest BCUT2D eigenvalue weighted by Gasteiger charge is -2.15. The Kier molecular flexibility index (Phi) is 4.55. The fraction of sp³-hybridized carbons (Fsp3) is 0.143. The highest BCUT2D eigenvalue weighted by atomic mass is 79.9. The van der Waals surface area contributed by atoms with Gasteiger partial charge in [0.2, 0.25) is 0 Å². The molecule has 1 unspecified atom stereocenters. The second-order valence-corrected chi connectivity index (χ2v) is 5.48. The number of hydrogen-bond donors (Lipinski definition) is 1. The van der Waals surface area contributed by atoms with E-state index >= 15 is 0 Å². The quantitative estimate of drug-likeness (QED) is 0.862. The molecule has 0 aromatic heterocycles. The van der Waals surface area contributed by atoms with E-state index in [1.807, 2.05) is 0 Å². The zero-order valence-electron chi connectivity index (χ0n) is 9.84. The van der Waals surface area contributed by atoms with Crippen LogP contribution in [0.1, 0.15) is 17.2 Å². The molecular weight excluding hydrogens is 336 g/mol. The zero-order chi connectivity index (χ0) is 14.0. The Balaban J connectivity index is 2.28. The third-order valence-electron chi connectivity index (χ3n) is 2.83. The van der Waals surface area contributed by atoms with E-state index in [-0.39, 0.29) is 17.3 Å². The standard InChI is InChI=1S/C14H11BrClF2N/c15-9-4-5-11(17)8(6-9)7-13(19)10-2-1-3-12(18)14(10)16/h1-6,13H,7,19H2. The molecule has 2 aromatic rings. The van der Waals surface area contributed by atoms with E-state index in [0.717, 1.165) is 4.47 Å². The van der Waals surface area contributed by atoms with Gasteiger partial charge in [0.1, 0.15) is 11.6 Å². The van der Waals surface area contributed by atoms with Crippen LogP contribution in [0.3, 0.4) is 0 Å². The van der Waals surface area contributed by atoms with Gasteiger partial charge in [-0.05, 0) is 41.8 Å². The van der Waals surface area contributed by atoms with E-state index in [9.17, 15) is 8.78 Å². The van der Waals surface area contributed by atoms with Gasteiger partial charge in [0.15, 0.2) is 0 Å². The van der Waals surface area contributed by atoms with Crippen LogP contribution in [0.4, 0.5) is 8.78 Å². The van der Waals surface area contributed by atoms with Gasteiger partial charge in [-0.1, -0.05) is 39.7 Å². The molecule has 2 N–H and O–H groups in total. The van der Waals surface area contributed by atoms with Crippen molar-refractivity contribution in [3.8, 4) is 0 Å². The van der Waals surface area contributed by atoms with Crippen molar-refractivity contribution in [3.05, 3.63) is 68.7 Å². The summed E-state index contributed by atoms with van der Waals surface area (Å²) >= 11 is 9.14. The predicted octanol–water partition coefficient (Wildman–Crippen LogP) is 4.62. The van der Waals surface area contributed by atoms with Gasteiger partial charge in [-0.2, -0.15) is 0 Å². The Bertz CT molecular complexity index is 604. The molecule has 0 spiro atoms. The molecule has 0 amide bonds. The number of hydrogen-bond acceptors (Lipinski definition) is 1. The minimum atomic E-state index is -0.563. The van der Waals surface area contributed by atoms with Crippen LogP contribution in [-0.4, -0.2) is 0 Å². The fourth-order valence-corrected chi connectivity index (χ4v) is 2.53. The highest BCUT2D eigenvalue weighted by Crippen LogP contribution is 2.27. The zero-order valence-corrected chi connectivity index (χ0v) is 12.2. The van der Waals surface area contributed by atoms with Crippen molar-refractivity contribution in [3.63, 3.8) is 0 Å². The molecule has 0 saturated heterocycles. The van der Waals surface area contributed by atoms with E-state index in [2.05, 4.69) is 15.9 Å². The van der Waals surface area contributed by atoms with E-state index in [1.165, 1.54) is 18.2 Å². The summed E-state index contributed by atoms with van der Waals surface area (Å²) in [5.74, 6) is -0.865. The molecule has 0 fully saturated rings. The van der Waals surface area contributed by atoms with Crippen molar-refractivity contribution in [1.29, 1.82) is 0 Å². The van der Waals surface area contributed by atoms with Gasteiger partial charge in [-0.3, -0.25) is 0 Å². The molecule has 0 aliphatic carbocycles. The molecule has 5 heteroatoms. The highest BCUT2D eigenvalue weighted by Gasteiger charge is 2.15. The number of benzene rings is 2. The maximum absolute atomic E-state index is 13.6. The third-order valence-corrected chi connectivity index (χ3v) is 3.72. The molecule has 0 bridgehead atoms. The molecule has 0 saturated carbocycles. The first-order valence-corrected chi connectivity index (χ1v) is 6.79. The van der Waals surface area contributed by atoms with E-state index in [1.54, 1.807) is 18.2 Å². The Hall–Kier alpha value is -0.970. The first-order valence-electron chi connectivity index (χ1n) is 5.62. The SMILES string of the molecule is NC(Cc1cc(Br)ccc1F)c1cccc(F)c1Cl. The van der Waals surface area contributed by atoms with Crippen molar-refractivity contribution >= 4 is 27.5 Å². The maximum atomic E-state index is 13.6. The van der Waals surface area contributed by atoms with Crippen LogP contribution in [0, 0.1) is 11.6 Å². The number of nitrogens with two attached hydrogens (primary N) is 1. The maximum Gasteiger partial charge on any atom is 0.142 e. The van der Waals surface area contributed by atoms with Gasteiger partial charge in [0.05, 0.1) is 5.02 Å². The van der Waals surface area contributed by atoms with E-state index in [4.69, 9.17) is 17.3 Å². The minimum absolute atomic E-state index is 0.00888. The molecule has 1 atom stereocenters. The molecule has 1 nitrogen and oxygen atoms in total. The Morgan fingerprint density at radius 1 is 1.16 bits per heavy atom. The lowest BCUT2D eigenvalue weighted by molar-refractivity contribution is 0.589. The molecule has 0 heterocycles. The largest absolute Gasteiger partial charge is 0.324 e. The van der Waals surface area contributed by atoms with Crippen molar-refractivity contribution in [2.45, 2.75) is 12.5 Å². The van der Waals surface area contributed by atoms with Gasteiger partial charge < -0.3 is 5.73 Å². The van der Waals surface area contributed by atoms with Gasteiger partial charge in [0.25, 0.3) is 0 Å². The minimum Gasteiger partial charge on any atom is -0.324 e. The summed E-state index contributed by atoms with van der Waals surface area (Å²) in [5.41, 5.74) is 6.92. The number of rotatable bonds is 3. The smallest absolute Gasteiger partial charge is 0.142 e. The molecular formula is C14H11BrClF2N. The normalized spacial score (nSPS) is 12.5. The highest BCUT2D eigenvalue weighted by molar-refractivity contribution is 9.10. The van der Waals surface area contributed by atoms with Crippen LogP contribution in [0.15, 0.2) is 40.9 Å². The summed E-state index contributed by atoms with van der Waals surface area (Å²) in [6.45, 7) is 0. The van der Waals surface area contributed by atoms with E-state index < -0.39 is 11.9 Å². The van der Waals surface area contributed by atoms with Gasteiger partial charge >= 0.3 is 0 Å². The average Bonchev–Trinajstić information content (AvgIpc) is 2.37. The first-order chi connectivity index (χ1) is 8.99. The summed E-state index contributed by atoms with van der Waals surface area (Å²) in [6, 6.07) is 8.51. The molecule has 2 aromatic carbocycles. The fourth-order valence-electron chi connectivity index (χ4n) is 1.85. The van der Waals surface area contributed by atoms with Crippen LogP contribution in [0.25, 0.3) is 0 Å². The van der Waals surface area contributed by atoms with Crippen LogP contribution in [-0.2, 0) is 6.42 Å². The second-order valence-electron chi connectivity index (χ2n) is 4.19. The summed E-state index contributed by atoms with van der Waals surface area (Å²) in [6.07, 6.45) is 0.244. The Morgan fingerprint density at radius 2 is 1.89 bits per heavy atom. The predicted molar refractivity (Wildman–Crippen MR) is 76.1 cm³/mol. The van der Waals surface area contributed by atoms with Crippen LogP contribution in [0.2, 0.25) is 5.02 Å². The van der Waals surface area contributed by atoms with Gasteiger partial charge in [-0.15, -0.1) is 0 Å². The summed E-state index contributed by atoms with van der Waals surface area (Å²) in [5, 5.41) is -0.00888. The molecule has 19 heavy (non-hydrogen) atoms. The molecule has 0 aliphatic rings. The van der Waals surface area contributed by atoms with Crippen molar-refractivity contribution < 1.29 is 8.78 Å². The molecule has 2 rings (SSSR count). The molecule has 0 radical (unpaired) electrons. The summed E-state index contributed by atoms with van der Waals surface area (Å²) < 4.78 is 27.8. The van der Waals surface area contributed by atoms with Crippen LogP contribution in [0.5, 0.6) is 0 Å². The second kappa shape index (κ2) is 5.99. The lowest BCUT2D eigenvalue weighted by Crippen LogP contribution is -2.15. The Morgan fingerprint density at radius 3 is 2.63 bits per heavy atom. The average molecular weight is 347 g/mol. The third kappa shape index (κ3) is 3.32. The van der Waals surface area contributed by atoms with Crippen molar-refractivity contribution in [2.75, 3.05) is 0 Å². The molecule has 100 valence electrons. The number of halogens is 4. The lowest BCUT2D eigenvalue weighted by atomic mass is 9.99. The topological polar surface area (TPSA) is 26.0 Å². The van der Waals surface area contributed by atoms with Gasteiger partial charge in [0, 0.05) is 10.5 Å². The van der Waals surface area contributed by atoms with Crippen LogP contribution < -0.4 is 5.73 Å². The Labute approximate surface area is 123 Å². The van der Waals surface area contributed by atoms with Crippen molar-refractivity contribution in [1.82, 2.24) is 0 Å². The van der Waals surface area contributed by atoms with Gasteiger partial charge in [-0.25, -0.2) is 8.78 Å². The first kappa shape index (κ1) is 14.4.